The molecule has 134 valence electrons. The Bertz CT molecular complexity index is 1110. The summed E-state index contributed by atoms with van der Waals surface area (Å²) in [6.45, 7) is 0. The summed E-state index contributed by atoms with van der Waals surface area (Å²) in [6, 6.07) is 15.5. The Labute approximate surface area is 156 Å². The fourth-order valence-corrected chi connectivity index (χ4v) is 4.66. The van der Waals surface area contributed by atoms with Crippen LogP contribution in [0.4, 0.5) is 0 Å². The van der Waals surface area contributed by atoms with Crippen LogP contribution in [0.15, 0.2) is 48.5 Å². The predicted molar refractivity (Wildman–Crippen MR) is 101 cm³/mol. The van der Waals surface area contributed by atoms with Gasteiger partial charge in [-0.25, -0.2) is 0 Å². The molecule has 2 atom stereocenters. The van der Waals surface area contributed by atoms with Crippen LogP contribution >= 0.6 is 0 Å². The number of carbonyl (C=O) groups is 2. The summed E-state index contributed by atoms with van der Waals surface area (Å²) in [5.41, 5.74) is 4.96. The number of aromatic amines is 1. The first-order chi connectivity index (χ1) is 13.2. The summed E-state index contributed by atoms with van der Waals surface area (Å²) < 4.78 is 0. The standard InChI is InChI=1S/C22H19N3O2/c26-21(23-12-9-10-12)18-11-16-13-5-3-4-8-17(13)24-19(16)20-14-6-1-2-7-15(14)22(27)25(18)20/h1-8,12,18,20,24H,9-11H2,(H,23,26). The molecule has 2 unspecified atom stereocenters. The Morgan fingerprint density at radius 3 is 2.70 bits per heavy atom. The second-order valence-corrected chi connectivity index (χ2v) is 7.77. The maximum atomic E-state index is 13.2. The van der Waals surface area contributed by atoms with Crippen molar-refractivity contribution in [2.75, 3.05) is 0 Å². The number of rotatable bonds is 2. The summed E-state index contributed by atoms with van der Waals surface area (Å²) in [6.07, 6.45) is 2.62. The third-order valence-corrected chi connectivity index (χ3v) is 6.08. The molecule has 27 heavy (non-hydrogen) atoms. The molecule has 1 fully saturated rings. The zero-order valence-electron chi connectivity index (χ0n) is 14.7. The molecule has 2 N–H and O–H groups in total. The Balaban J connectivity index is 1.56. The highest BCUT2D eigenvalue weighted by Crippen LogP contribution is 2.46. The molecule has 2 amide bonds. The SMILES string of the molecule is O=C(NC1CC1)C1Cc2c([nH]c3ccccc23)C2c3ccccc3C(=O)N12. The zero-order chi connectivity index (χ0) is 18.1. The van der Waals surface area contributed by atoms with E-state index < -0.39 is 6.04 Å². The number of H-pyrrole nitrogens is 1. The minimum Gasteiger partial charge on any atom is -0.356 e. The van der Waals surface area contributed by atoms with E-state index in [0.29, 0.717) is 12.0 Å². The molecule has 6 rings (SSSR count). The third kappa shape index (κ3) is 2.05. The van der Waals surface area contributed by atoms with Gasteiger partial charge >= 0.3 is 0 Å². The molecule has 3 aromatic rings. The van der Waals surface area contributed by atoms with Crippen molar-refractivity contribution in [1.29, 1.82) is 0 Å². The van der Waals surface area contributed by atoms with E-state index in [1.807, 2.05) is 36.4 Å². The number of carbonyl (C=O) groups excluding carboxylic acids is 2. The molecule has 2 aromatic carbocycles. The van der Waals surface area contributed by atoms with Gasteiger partial charge in [0.2, 0.25) is 5.91 Å². The number of nitrogens with one attached hydrogen (secondary N) is 2. The normalized spacial score (nSPS) is 23.1. The molecule has 5 nitrogen and oxygen atoms in total. The van der Waals surface area contributed by atoms with E-state index in [1.54, 1.807) is 4.90 Å². The number of para-hydroxylation sites is 1. The van der Waals surface area contributed by atoms with Crippen LogP contribution in [-0.4, -0.2) is 33.8 Å². The summed E-state index contributed by atoms with van der Waals surface area (Å²) in [7, 11) is 0. The molecular formula is C22H19N3O2. The van der Waals surface area contributed by atoms with Crippen LogP contribution in [0.2, 0.25) is 0 Å². The monoisotopic (exact) mass is 357 g/mol. The second-order valence-electron chi connectivity index (χ2n) is 7.77. The van der Waals surface area contributed by atoms with Crippen molar-refractivity contribution in [3.8, 4) is 0 Å². The van der Waals surface area contributed by atoms with Crippen LogP contribution in [-0.2, 0) is 11.2 Å². The lowest BCUT2D eigenvalue weighted by atomic mass is 9.90. The average molecular weight is 357 g/mol. The lowest BCUT2D eigenvalue weighted by Gasteiger charge is -2.37. The van der Waals surface area contributed by atoms with E-state index >= 15 is 0 Å². The van der Waals surface area contributed by atoms with Crippen LogP contribution in [0.5, 0.6) is 0 Å². The highest BCUT2D eigenvalue weighted by Gasteiger charge is 2.49. The molecule has 0 radical (unpaired) electrons. The molecule has 2 aliphatic heterocycles. The van der Waals surface area contributed by atoms with Crippen LogP contribution in [0.25, 0.3) is 10.9 Å². The molecule has 1 aliphatic carbocycles. The summed E-state index contributed by atoms with van der Waals surface area (Å²) in [5.74, 6) is -0.0737. The minimum atomic E-state index is -0.470. The smallest absolute Gasteiger partial charge is 0.255 e. The highest BCUT2D eigenvalue weighted by atomic mass is 16.2. The summed E-state index contributed by atoms with van der Waals surface area (Å²) >= 11 is 0. The molecule has 0 bridgehead atoms. The van der Waals surface area contributed by atoms with Gasteiger partial charge in [0.05, 0.1) is 6.04 Å². The maximum Gasteiger partial charge on any atom is 0.255 e. The number of nitrogens with zero attached hydrogens (tertiary/aromatic N) is 1. The number of hydrogen-bond donors (Lipinski definition) is 2. The van der Waals surface area contributed by atoms with Crippen molar-refractivity contribution in [2.24, 2.45) is 0 Å². The first kappa shape index (κ1) is 15.0. The van der Waals surface area contributed by atoms with Gasteiger partial charge in [0, 0.05) is 34.6 Å². The second kappa shape index (κ2) is 5.22. The van der Waals surface area contributed by atoms with Crippen molar-refractivity contribution in [3.05, 3.63) is 70.9 Å². The van der Waals surface area contributed by atoms with E-state index in [9.17, 15) is 9.59 Å². The summed E-state index contributed by atoms with van der Waals surface area (Å²) in [5, 5.41) is 4.26. The number of hydrogen-bond acceptors (Lipinski definition) is 2. The Kier molecular flexibility index (Phi) is 2.91. The van der Waals surface area contributed by atoms with Crippen molar-refractivity contribution >= 4 is 22.7 Å². The quantitative estimate of drug-likeness (QED) is 0.741. The van der Waals surface area contributed by atoms with Crippen molar-refractivity contribution in [3.63, 3.8) is 0 Å². The number of benzene rings is 2. The van der Waals surface area contributed by atoms with Crippen LogP contribution in [0.1, 0.15) is 46.1 Å². The van der Waals surface area contributed by atoms with Crippen LogP contribution < -0.4 is 5.32 Å². The van der Waals surface area contributed by atoms with Crippen LogP contribution in [0.3, 0.4) is 0 Å². The first-order valence-electron chi connectivity index (χ1n) is 9.54. The van der Waals surface area contributed by atoms with Crippen molar-refractivity contribution < 1.29 is 9.59 Å². The van der Waals surface area contributed by atoms with Gasteiger partial charge in [-0.3, -0.25) is 9.59 Å². The first-order valence-corrected chi connectivity index (χ1v) is 9.54. The zero-order valence-corrected chi connectivity index (χ0v) is 14.7. The molecular weight excluding hydrogens is 338 g/mol. The Morgan fingerprint density at radius 2 is 1.85 bits per heavy atom. The van der Waals surface area contributed by atoms with Gasteiger partial charge in [0.25, 0.3) is 5.91 Å². The molecule has 1 aromatic heterocycles. The number of fused-ring (bicyclic) bond motifs is 7. The molecule has 0 saturated heterocycles. The van der Waals surface area contributed by atoms with Crippen molar-refractivity contribution in [2.45, 2.75) is 37.4 Å². The van der Waals surface area contributed by atoms with E-state index in [2.05, 4.69) is 22.4 Å². The van der Waals surface area contributed by atoms with E-state index in [1.165, 1.54) is 0 Å². The van der Waals surface area contributed by atoms with Crippen molar-refractivity contribution in [1.82, 2.24) is 15.2 Å². The van der Waals surface area contributed by atoms with E-state index in [0.717, 1.165) is 40.6 Å². The highest BCUT2D eigenvalue weighted by molar-refractivity contribution is 6.03. The number of amides is 2. The Morgan fingerprint density at radius 1 is 1.07 bits per heavy atom. The number of aromatic nitrogens is 1. The fraction of sp³-hybridized carbons (Fsp3) is 0.273. The molecule has 3 aliphatic rings. The van der Waals surface area contributed by atoms with E-state index in [-0.39, 0.29) is 23.9 Å². The molecule has 0 spiro atoms. The minimum absolute atomic E-state index is 0.0282. The Hall–Kier alpha value is -3.08. The van der Waals surface area contributed by atoms with Gasteiger partial charge < -0.3 is 15.2 Å². The largest absolute Gasteiger partial charge is 0.356 e. The van der Waals surface area contributed by atoms with Gasteiger partial charge in [0.15, 0.2) is 0 Å². The van der Waals surface area contributed by atoms with Gasteiger partial charge in [-0.15, -0.1) is 0 Å². The van der Waals surface area contributed by atoms with Crippen LogP contribution in [0, 0.1) is 0 Å². The van der Waals surface area contributed by atoms with Gasteiger partial charge in [-0.1, -0.05) is 36.4 Å². The third-order valence-electron chi connectivity index (χ3n) is 6.08. The van der Waals surface area contributed by atoms with Gasteiger partial charge in [-0.05, 0) is 36.1 Å². The topological polar surface area (TPSA) is 65.2 Å². The fourth-order valence-electron chi connectivity index (χ4n) is 4.66. The van der Waals surface area contributed by atoms with Gasteiger partial charge in [-0.2, -0.15) is 0 Å². The van der Waals surface area contributed by atoms with Gasteiger partial charge in [0.1, 0.15) is 6.04 Å². The maximum absolute atomic E-state index is 13.2. The molecule has 1 saturated carbocycles. The summed E-state index contributed by atoms with van der Waals surface area (Å²) in [4.78, 5) is 31.6. The van der Waals surface area contributed by atoms with E-state index in [4.69, 9.17) is 0 Å². The average Bonchev–Trinajstić information content (AvgIpc) is 3.35. The predicted octanol–water partition coefficient (Wildman–Crippen LogP) is 2.92. The molecule has 3 heterocycles. The lowest BCUT2D eigenvalue weighted by Crippen LogP contribution is -2.52. The molecule has 5 heteroatoms. The lowest BCUT2D eigenvalue weighted by molar-refractivity contribution is -0.126.